The summed E-state index contributed by atoms with van der Waals surface area (Å²) in [6.07, 6.45) is 3.78. The second-order valence-electron chi connectivity index (χ2n) is 7.00. The van der Waals surface area contributed by atoms with Crippen LogP contribution in [0.4, 0.5) is 5.69 Å². The first-order valence-corrected chi connectivity index (χ1v) is 10.5. The van der Waals surface area contributed by atoms with Gasteiger partial charge in [-0.25, -0.2) is 8.42 Å². The van der Waals surface area contributed by atoms with Crippen molar-refractivity contribution in [1.82, 2.24) is 4.98 Å². The summed E-state index contributed by atoms with van der Waals surface area (Å²) in [5.41, 5.74) is 1.62. The Morgan fingerprint density at radius 3 is 2.54 bits per heavy atom. The molecule has 3 aromatic rings. The van der Waals surface area contributed by atoms with Crippen molar-refractivity contribution in [2.75, 3.05) is 18.0 Å². The molecule has 1 atom stereocenters. The van der Waals surface area contributed by atoms with Crippen LogP contribution in [0.15, 0.2) is 70.6 Å². The van der Waals surface area contributed by atoms with Gasteiger partial charge in [-0.05, 0) is 37.0 Å². The van der Waals surface area contributed by atoms with Crippen molar-refractivity contribution in [3.05, 3.63) is 60.8 Å². The van der Waals surface area contributed by atoms with E-state index in [0.29, 0.717) is 15.7 Å². The molecule has 0 saturated carbocycles. The average Bonchev–Trinajstić information content (AvgIpc) is 2.67. The summed E-state index contributed by atoms with van der Waals surface area (Å²) in [7, 11) is -3.63. The Kier molecular flexibility index (Phi) is 4.41. The number of hydrogen-bond acceptors (Lipinski definition) is 4. The highest BCUT2D eigenvalue weighted by molar-refractivity contribution is 7.91. The number of hydrogen-bond donors (Lipinski definition) is 0. The molecular formula is C21H22N2O2S. The van der Waals surface area contributed by atoms with E-state index in [1.807, 2.05) is 30.3 Å². The lowest BCUT2D eigenvalue weighted by molar-refractivity contribution is 0.446. The van der Waals surface area contributed by atoms with E-state index in [-0.39, 0.29) is 0 Å². The third-order valence-electron chi connectivity index (χ3n) is 5.03. The number of pyridine rings is 1. The largest absolute Gasteiger partial charge is 0.370 e. The topological polar surface area (TPSA) is 50.3 Å². The fraction of sp³-hybridized carbons (Fsp3) is 0.286. The SMILES string of the molecule is CC1CCCN(c2c(S(=O)(=O)c3ccccc3)cnc3ccccc23)C1. The molecule has 1 unspecified atom stereocenters. The summed E-state index contributed by atoms with van der Waals surface area (Å²) in [6, 6.07) is 16.4. The number of piperidine rings is 1. The van der Waals surface area contributed by atoms with Crippen molar-refractivity contribution in [2.45, 2.75) is 29.6 Å². The zero-order valence-electron chi connectivity index (χ0n) is 14.8. The highest BCUT2D eigenvalue weighted by Gasteiger charge is 2.28. The lowest BCUT2D eigenvalue weighted by atomic mass is 9.99. The van der Waals surface area contributed by atoms with Crippen LogP contribution in [0, 0.1) is 5.92 Å². The molecule has 0 bridgehead atoms. The number of para-hydroxylation sites is 1. The summed E-state index contributed by atoms with van der Waals surface area (Å²) in [6.45, 7) is 3.96. The summed E-state index contributed by atoms with van der Waals surface area (Å²) in [5, 5.41) is 0.901. The fourth-order valence-corrected chi connectivity index (χ4v) is 5.20. The minimum atomic E-state index is -3.63. The van der Waals surface area contributed by atoms with Crippen molar-refractivity contribution in [3.63, 3.8) is 0 Å². The minimum absolute atomic E-state index is 0.302. The molecule has 0 N–H and O–H groups in total. The molecule has 134 valence electrons. The number of nitrogens with zero attached hydrogens (tertiary/aromatic N) is 2. The Balaban J connectivity index is 1.96. The van der Waals surface area contributed by atoms with Crippen molar-refractivity contribution in [2.24, 2.45) is 5.92 Å². The standard InChI is InChI=1S/C21H22N2O2S/c1-16-8-7-13-23(15-16)21-18-11-5-6-12-19(18)22-14-20(21)26(24,25)17-9-3-2-4-10-17/h2-6,9-12,14,16H,7-8,13,15H2,1H3. The van der Waals surface area contributed by atoms with Crippen molar-refractivity contribution in [3.8, 4) is 0 Å². The lowest BCUT2D eigenvalue weighted by Crippen LogP contribution is -2.35. The number of fused-ring (bicyclic) bond motifs is 1. The molecule has 1 aliphatic rings. The van der Waals surface area contributed by atoms with Gasteiger partial charge in [0.1, 0.15) is 4.90 Å². The number of anilines is 1. The monoisotopic (exact) mass is 366 g/mol. The molecule has 4 rings (SSSR count). The van der Waals surface area contributed by atoms with Crippen LogP contribution in [0.25, 0.3) is 10.9 Å². The van der Waals surface area contributed by atoms with Crippen LogP contribution in [0.1, 0.15) is 19.8 Å². The van der Waals surface area contributed by atoms with Crippen molar-refractivity contribution in [1.29, 1.82) is 0 Å². The van der Waals surface area contributed by atoms with Crippen molar-refractivity contribution >= 4 is 26.4 Å². The smallest absolute Gasteiger partial charge is 0.210 e. The predicted molar refractivity (Wildman–Crippen MR) is 104 cm³/mol. The molecule has 4 nitrogen and oxygen atoms in total. The van der Waals surface area contributed by atoms with Crippen molar-refractivity contribution < 1.29 is 8.42 Å². The maximum atomic E-state index is 13.4. The van der Waals surface area contributed by atoms with Gasteiger partial charge in [0.15, 0.2) is 0 Å². The lowest BCUT2D eigenvalue weighted by Gasteiger charge is -2.34. The highest BCUT2D eigenvalue weighted by atomic mass is 32.2. The van der Waals surface area contributed by atoms with Gasteiger partial charge in [0.2, 0.25) is 9.84 Å². The Labute approximate surface area is 154 Å². The number of aromatic nitrogens is 1. The Morgan fingerprint density at radius 2 is 1.77 bits per heavy atom. The summed E-state index contributed by atoms with van der Waals surface area (Å²) < 4.78 is 26.7. The molecule has 0 aliphatic carbocycles. The first-order chi connectivity index (χ1) is 12.6. The Bertz CT molecular complexity index is 1030. The number of sulfone groups is 1. The van der Waals surface area contributed by atoms with Gasteiger partial charge < -0.3 is 4.90 Å². The molecular weight excluding hydrogens is 344 g/mol. The zero-order valence-corrected chi connectivity index (χ0v) is 15.6. The van der Waals surface area contributed by atoms with E-state index < -0.39 is 9.84 Å². The quantitative estimate of drug-likeness (QED) is 0.693. The number of benzene rings is 2. The van der Waals surface area contributed by atoms with Crippen LogP contribution < -0.4 is 4.90 Å². The van der Waals surface area contributed by atoms with Crippen LogP contribution in [0.2, 0.25) is 0 Å². The first kappa shape index (κ1) is 17.0. The molecule has 0 spiro atoms. The van der Waals surface area contributed by atoms with E-state index in [0.717, 1.165) is 36.1 Å². The van der Waals surface area contributed by atoms with E-state index in [4.69, 9.17) is 0 Å². The van der Waals surface area contributed by atoms with E-state index in [1.165, 1.54) is 12.6 Å². The van der Waals surface area contributed by atoms with Gasteiger partial charge in [0.25, 0.3) is 0 Å². The molecule has 26 heavy (non-hydrogen) atoms. The van der Waals surface area contributed by atoms with E-state index in [9.17, 15) is 8.42 Å². The second kappa shape index (κ2) is 6.72. The summed E-state index contributed by atoms with van der Waals surface area (Å²) >= 11 is 0. The molecule has 1 fully saturated rings. The van der Waals surface area contributed by atoms with Gasteiger partial charge in [-0.1, -0.05) is 43.3 Å². The van der Waals surface area contributed by atoms with Crippen LogP contribution in [-0.4, -0.2) is 26.5 Å². The molecule has 1 saturated heterocycles. The summed E-state index contributed by atoms with van der Waals surface area (Å²) in [5.74, 6) is 0.544. The Morgan fingerprint density at radius 1 is 1.04 bits per heavy atom. The van der Waals surface area contributed by atoms with Crippen LogP contribution >= 0.6 is 0 Å². The molecule has 0 amide bonds. The Hall–Kier alpha value is -2.40. The van der Waals surface area contributed by atoms with Crippen LogP contribution in [-0.2, 0) is 9.84 Å². The molecule has 2 heterocycles. The second-order valence-corrected chi connectivity index (χ2v) is 8.92. The van der Waals surface area contributed by atoms with Gasteiger partial charge in [0, 0.05) is 24.7 Å². The first-order valence-electron chi connectivity index (χ1n) is 9.00. The van der Waals surface area contributed by atoms with E-state index in [1.54, 1.807) is 24.3 Å². The molecule has 0 radical (unpaired) electrons. The summed E-state index contributed by atoms with van der Waals surface area (Å²) in [4.78, 5) is 7.28. The third-order valence-corrected chi connectivity index (χ3v) is 6.80. The minimum Gasteiger partial charge on any atom is -0.370 e. The molecule has 2 aromatic carbocycles. The molecule has 1 aliphatic heterocycles. The van der Waals surface area contributed by atoms with Crippen LogP contribution in [0.5, 0.6) is 0 Å². The average molecular weight is 366 g/mol. The normalized spacial score (nSPS) is 18.2. The number of rotatable bonds is 3. The van der Waals surface area contributed by atoms with Crippen LogP contribution in [0.3, 0.4) is 0 Å². The molecule has 1 aromatic heterocycles. The van der Waals surface area contributed by atoms with E-state index >= 15 is 0 Å². The zero-order chi connectivity index (χ0) is 18.1. The predicted octanol–water partition coefficient (Wildman–Crippen LogP) is 4.30. The fourth-order valence-electron chi connectivity index (χ4n) is 3.75. The third kappa shape index (κ3) is 2.97. The van der Waals surface area contributed by atoms with Gasteiger partial charge in [-0.3, -0.25) is 4.98 Å². The maximum absolute atomic E-state index is 13.4. The van der Waals surface area contributed by atoms with E-state index in [2.05, 4.69) is 16.8 Å². The highest BCUT2D eigenvalue weighted by Crippen LogP contribution is 2.37. The maximum Gasteiger partial charge on any atom is 0.210 e. The van der Waals surface area contributed by atoms with Gasteiger partial charge >= 0.3 is 0 Å². The van der Waals surface area contributed by atoms with Gasteiger partial charge in [-0.15, -0.1) is 0 Å². The van der Waals surface area contributed by atoms with Gasteiger partial charge in [-0.2, -0.15) is 0 Å². The van der Waals surface area contributed by atoms with Gasteiger partial charge in [0.05, 0.1) is 16.1 Å². The molecule has 5 heteroatoms.